The van der Waals surface area contributed by atoms with Crippen molar-refractivity contribution in [2.24, 2.45) is 0 Å². The van der Waals surface area contributed by atoms with Gasteiger partial charge in [0.25, 0.3) is 0 Å². The molecule has 0 radical (unpaired) electrons. The molecule has 2 rings (SSSR count). The summed E-state index contributed by atoms with van der Waals surface area (Å²) in [5.74, 6) is -0.327. The summed E-state index contributed by atoms with van der Waals surface area (Å²) < 4.78 is 13.3. The Morgan fingerprint density at radius 2 is 1.90 bits per heavy atom. The molecular formula is C16H17FN2O. The zero-order valence-corrected chi connectivity index (χ0v) is 11.3. The van der Waals surface area contributed by atoms with Crippen molar-refractivity contribution in [2.45, 2.75) is 13.3 Å². The third kappa shape index (κ3) is 4.09. The SMILES string of the molecule is Cc1ccc(NC(=O)NCCc2ccccc2)cc1F. The first kappa shape index (κ1) is 14.1. The normalized spacial score (nSPS) is 10.1. The highest BCUT2D eigenvalue weighted by Gasteiger charge is 2.03. The van der Waals surface area contributed by atoms with Crippen molar-refractivity contribution in [1.82, 2.24) is 5.32 Å². The van der Waals surface area contributed by atoms with E-state index in [0.717, 1.165) is 12.0 Å². The molecule has 0 atom stereocenters. The Hall–Kier alpha value is -2.36. The van der Waals surface area contributed by atoms with Crippen molar-refractivity contribution in [1.29, 1.82) is 0 Å². The van der Waals surface area contributed by atoms with Crippen LogP contribution in [0.4, 0.5) is 14.9 Å². The summed E-state index contributed by atoms with van der Waals surface area (Å²) >= 11 is 0. The number of carbonyl (C=O) groups is 1. The summed E-state index contributed by atoms with van der Waals surface area (Å²) in [5, 5.41) is 5.35. The lowest BCUT2D eigenvalue weighted by molar-refractivity contribution is 0.252. The van der Waals surface area contributed by atoms with E-state index in [1.165, 1.54) is 6.07 Å². The van der Waals surface area contributed by atoms with Gasteiger partial charge in [0.05, 0.1) is 0 Å². The third-order valence-electron chi connectivity index (χ3n) is 2.97. The Labute approximate surface area is 117 Å². The van der Waals surface area contributed by atoms with Crippen LogP contribution in [0.5, 0.6) is 0 Å². The Morgan fingerprint density at radius 3 is 2.60 bits per heavy atom. The van der Waals surface area contributed by atoms with Gasteiger partial charge in [0.15, 0.2) is 0 Å². The number of hydrogen-bond acceptors (Lipinski definition) is 1. The Kier molecular flexibility index (Phi) is 4.71. The minimum atomic E-state index is -0.329. The van der Waals surface area contributed by atoms with E-state index in [-0.39, 0.29) is 11.8 Å². The molecule has 0 fully saturated rings. The lowest BCUT2D eigenvalue weighted by atomic mass is 10.1. The predicted molar refractivity (Wildman–Crippen MR) is 78.3 cm³/mol. The van der Waals surface area contributed by atoms with Gasteiger partial charge in [-0.2, -0.15) is 0 Å². The molecule has 0 aliphatic heterocycles. The van der Waals surface area contributed by atoms with E-state index in [4.69, 9.17) is 0 Å². The number of benzene rings is 2. The largest absolute Gasteiger partial charge is 0.338 e. The molecule has 4 heteroatoms. The molecule has 0 bridgehead atoms. The molecule has 104 valence electrons. The predicted octanol–water partition coefficient (Wildman–Crippen LogP) is 3.50. The van der Waals surface area contributed by atoms with Crippen LogP contribution in [0.15, 0.2) is 48.5 Å². The minimum Gasteiger partial charge on any atom is -0.338 e. The fourth-order valence-corrected chi connectivity index (χ4v) is 1.81. The van der Waals surface area contributed by atoms with Gasteiger partial charge < -0.3 is 10.6 Å². The number of halogens is 1. The second kappa shape index (κ2) is 6.70. The lowest BCUT2D eigenvalue weighted by Gasteiger charge is -2.08. The van der Waals surface area contributed by atoms with E-state index < -0.39 is 0 Å². The summed E-state index contributed by atoms with van der Waals surface area (Å²) in [7, 11) is 0. The Morgan fingerprint density at radius 1 is 1.15 bits per heavy atom. The van der Waals surface area contributed by atoms with Crippen molar-refractivity contribution in [2.75, 3.05) is 11.9 Å². The van der Waals surface area contributed by atoms with Crippen LogP contribution in [-0.2, 0) is 6.42 Å². The molecule has 0 aliphatic carbocycles. The summed E-state index contributed by atoms with van der Waals surface area (Å²) in [4.78, 5) is 11.7. The number of nitrogens with one attached hydrogen (secondary N) is 2. The van der Waals surface area contributed by atoms with Crippen LogP contribution in [0.1, 0.15) is 11.1 Å². The number of carbonyl (C=O) groups excluding carboxylic acids is 1. The van der Waals surface area contributed by atoms with Crippen molar-refractivity contribution in [3.05, 3.63) is 65.5 Å². The third-order valence-corrected chi connectivity index (χ3v) is 2.97. The first-order valence-electron chi connectivity index (χ1n) is 6.50. The lowest BCUT2D eigenvalue weighted by Crippen LogP contribution is -2.30. The first-order valence-corrected chi connectivity index (χ1v) is 6.50. The van der Waals surface area contributed by atoms with Crippen LogP contribution in [0, 0.1) is 12.7 Å². The average Bonchev–Trinajstić information content (AvgIpc) is 2.44. The quantitative estimate of drug-likeness (QED) is 0.878. The number of anilines is 1. The maximum absolute atomic E-state index is 13.3. The summed E-state index contributed by atoms with van der Waals surface area (Å²) in [5.41, 5.74) is 2.17. The zero-order chi connectivity index (χ0) is 14.4. The molecule has 0 heterocycles. The van der Waals surface area contributed by atoms with Crippen molar-refractivity contribution in [3.63, 3.8) is 0 Å². The van der Waals surface area contributed by atoms with Gasteiger partial charge in [0.2, 0.25) is 0 Å². The van der Waals surface area contributed by atoms with E-state index in [0.29, 0.717) is 17.8 Å². The molecule has 0 spiro atoms. The molecule has 2 N–H and O–H groups in total. The summed E-state index contributed by atoms with van der Waals surface area (Å²) in [6.07, 6.45) is 0.760. The van der Waals surface area contributed by atoms with Crippen LogP contribution < -0.4 is 10.6 Å². The standard InChI is InChI=1S/C16H17FN2O/c1-12-7-8-14(11-15(12)17)19-16(20)18-10-9-13-5-3-2-4-6-13/h2-8,11H,9-10H2,1H3,(H2,18,19,20). The van der Waals surface area contributed by atoms with E-state index >= 15 is 0 Å². The van der Waals surface area contributed by atoms with Crippen molar-refractivity contribution >= 4 is 11.7 Å². The van der Waals surface area contributed by atoms with E-state index in [9.17, 15) is 9.18 Å². The topological polar surface area (TPSA) is 41.1 Å². The van der Waals surface area contributed by atoms with Gasteiger partial charge in [-0.15, -0.1) is 0 Å². The Bertz CT molecular complexity index is 584. The highest BCUT2D eigenvalue weighted by molar-refractivity contribution is 5.89. The van der Waals surface area contributed by atoms with E-state index in [2.05, 4.69) is 10.6 Å². The van der Waals surface area contributed by atoms with Crippen molar-refractivity contribution < 1.29 is 9.18 Å². The molecule has 2 aromatic rings. The van der Waals surface area contributed by atoms with Crippen molar-refractivity contribution in [3.8, 4) is 0 Å². The fraction of sp³-hybridized carbons (Fsp3) is 0.188. The average molecular weight is 272 g/mol. The summed E-state index contributed by atoms with van der Waals surface area (Å²) in [6.45, 7) is 2.21. The van der Waals surface area contributed by atoms with Gasteiger partial charge in [0, 0.05) is 12.2 Å². The van der Waals surface area contributed by atoms with Gasteiger partial charge in [-0.3, -0.25) is 0 Å². The minimum absolute atomic E-state index is 0.327. The second-order valence-electron chi connectivity index (χ2n) is 4.58. The van der Waals surface area contributed by atoms with Gasteiger partial charge in [-0.05, 0) is 36.6 Å². The van der Waals surface area contributed by atoms with Gasteiger partial charge in [0.1, 0.15) is 5.82 Å². The maximum Gasteiger partial charge on any atom is 0.319 e. The molecule has 3 nitrogen and oxygen atoms in total. The van der Waals surface area contributed by atoms with Crippen LogP contribution in [0.2, 0.25) is 0 Å². The molecule has 0 saturated carbocycles. The highest BCUT2D eigenvalue weighted by atomic mass is 19.1. The van der Waals surface area contributed by atoms with Crippen LogP contribution in [-0.4, -0.2) is 12.6 Å². The van der Waals surface area contributed by atoms with Gasteiger partial charge >= 0.3 is 6.03 Å². The number of aryl methyl sites for hydroxylation is 1. The van der Waals surface area contributed by atoms with Gasteiger partial charge in [-0.1, -0.05) is 36.4 Å². The molecule has 0 saturated heterocycles. The van der Waals surface area contributed by atoms with E-state index in [1.807, 2.05) is 30.3 Å². The number of rotatable bonds is 4. The van der Waals surface area contributed by atoms with Gasteiger partial charge in [-0.25, -0.2) is 9.18 Å². The van der Waals surface area contributed by atoms with E-state index in [1.54, 1.807) is 19.1 Å². The maximum atomic E-state index is 13.3. The molecule has 0 aliphatic rings. The molecule has 20 heavy (non-hydrogen) atoms. The van der Waals surface area contributed by atoms with Crippen LogP contribution in [0.25, 0.3) is 0 Å². The van der Waals surface area contributed by atoms with Crippen LogP contribution in [0.3, 0.4) is 0 Å². The zero-order valence-electron chi connectivity index (χ0n) is 11.3. The molecular weight excluding hydrogens is 255 g/mol. The monoisotopic (exact) mass is 272 g/mol. The number of urea groups is 1. The Balaban J connectivity index is 1.79. The van der Waals surface area contributed by atoms with Crippen LogP contribution >= 0.6 is 0 Å². The second-order valence-corrected chi connectivity index (χ2v) is 4.58. The molecule has 0 unspecified atom stereocenters. The first-order chi connectivity index (χ1) is 9.65. The smallest absolute Gasteiger partial charge is 0.319 e. The summed E-state index contributed by atoms with van der Waals surface area (Å²) in [6, 6.07) is 14.2. The molecule has 2 amide bonds. The molecule has 0 aromatic heterocycles. The fourth-order valence-electron chi connectivity index (χ4n) is 1.81. The number of hydrogen-bond donors (Lipinski definition) is 2. The highest BCUT2D eigenvalue weighted by Crippen LogP contribution is 2.13. The number of amides is 2. The molecule has 2 aromatic carbocycles.